The van der Waals surface area contributed by atoms with Crippen LogP contribution in [0.4, 0.5) is 0 Å². The lowest BCUT2D eigenvalue weighted by Gasteiger charge is -2.62. The predicted octanol–water partition coefficient (Wildman–Crippen LogP) is 15.3. The van der Waals surface area contributed by atoms with Crippen LogP contribution in [0.1, 0.15) is 197 Å². The Morgan fingerprint density at radius 3 is 1.40 bits per heavy atom. The van der Waals surface area contributed by atoms with Crippen LogP contribution in [-0.4, -0.2) is 94.8 Å². The van der Waals surface area contributed by atoms with Gasteiger partial charge in [0.05, 0.1) is 11.2 Å². The minimum absolute atomic E-state index is 0.179. The fraction of sp³-hybridized carbons (Fsp3) is 0.648. The van der Waals surface area contributed by atoms with E-state index in [9.17, 15) is 24.6 Å². The van der Waals surface area contributed by atoms with Crippen LogP contribution in [0.3, 0.4) is 0 Å². The highest BCUT2D eigenvalue weighted by atomic mass is 16.7. The third-order valence-electron chi connectivity index (χ3n) is 18.1. The van der Waals surface area contributed by atoms with Gasteiger partial charge in [0.2, 0.25) is 0 Å². The fourth-order valence-corrected chi connectivity index (χ4v) is 15.0. The third-order valence-corrected chi connectivity index (χ3v) is 18.1. The minimum Gasteiger partial charge on any atom is -0.465 e. The molecule has 2 N–H and O–H groups in total. The van der Waals surface area contributed by atoms with Crippen molar-refractivity contribution < 1.29 is 67.2 Å². The number of ether oxygens (including phenoxy) is 9. The van der Waals surface area contributed by atoms with E-state index in [0.717, 1.165) is 60.8 Å². The monoisotopic (exact) mass is 1180 g/mol. The van der Waals surface area contributed by atoms with Crippen molar-refractivity contribution in [2.75, 3.05) is 19.8 Å². The molecule has 474 valence electrons. The molecule has 9 fully saturated rings. The second-order valence-corrected chi connectivity index (χ2v) is 26.0. The maximum atomic E-state index is 12.1. The van der Waals surface area contributed by atoms with Crippen molar-refractivity contribution in [3.8, 4) is 17.2 Å². The summed E-state index contributed by atoms with van der Waals surface area (Å²) in [6.07, 6.45) is 17.1. The Morgan fingerprint density at radius 1 is 0.541 bits per heavy atom. The van der Waals surface area contributed by atoms with Crippen molar-refractivity contribution >= 4 is 30.1 Å². The molecule has 0 aromatic heterocycles. The molecule has 0 spiro atoms. The van der Waals surface area contributed by atoms with Crippen molar-refractivity contribution in [3.63, 3.8) is 0 Å². The number of esters is 3. The molecule has 14 nitrogen and oxygen atoms in total. The molecule has 5 atom stereocenters. The number of carbonyl (C=O) groups is 3. The first-order chi connectivity index (χ1) is 40.0. The second-order valence-electron chi connectivity index (χ2n) is 26.0. The Balaban J connectivity index is 0.000000196. The van der Waals surface area contributed by atoms with Gasteiger partial charge < -0.3 is 52.8 Å². The molecule has 8 bridgehead atoms. The number of aliphatic hydroxyl groups is 2. The summed E-state index contributed by atoms with van der Waals surface area (Å²) < 4.78 is 50.3. The summed E-state index contributed by atoms with van der Waals surface area (Å²) in [4.78, 5) is 35.4. The number of hydrogen-bond donors (Lipinski definition) is 2. The van der Waals surface area contributed by atoms with E-state index in [1.165, 1.54) is 44.9 Å². The molecule has 85 heavy (non-hydrogen) atoms. The molecule has 2 aromatic rings. The van der Waals surface area contributed by atoms with Gasteiger partial charge in [0.15, 0.2) is 30.4 Å². The van der Waals surface area contributed by atoms with E-state index < -0.39 is 22.8 Å². The predicted molar refractivity (Wildman–Crippen MR) is 335 cm³/mol. The maximum absolute atomic E-state index is 12.1. The molecule has 0 heterocycles. The van der Waals surface area contributed by atoms with E-state index in [1.54, 1.807) is 32.9 Å². The second kappa shape index (κ2) is 31.1. The molecule has 11 rings (SSSR count). The van der Waals surface area contributed by atoms with Crippen molar-refractivity contribution in [1.82, 2.24) is 0 Å². The maximum Gasteiger partial charge on any atom is 0.333 e. The summed E-state index contributed by atoms with van der Waals surface area (Å²) in [5.74, 6) is 5.28. The van der Waals surface area contributed by atoms with Gasteiger partial charge in [-0.2, -0.15) is 0 Å². The summed E-state index contributed by atoms with van der Waals surface area (Å²) in [6.45, 7) is 45.4. The Kier molecular flexibility index (Phi) is 25.8. The highest BCUT2D eigenvalue weighted by molar-refractivity contribution is 5.88. The summed E-state index contributed by atoms with van der Waals surface area (Å²) in [5.41, 5.74) is 0.628. The largest absolute Gasteiger partial charge is 0.465 e. The summed E-state index contributed by atoms with van der Waals surface area (Å²) in [6, 6.07) is 13.4. The van der Waals surface area contributed by atoms with E-state index >= 15 is 0 Å². The molecule has 5 unspecified atom stereocenters. The van der Waals surface area contributed by atoms with Crippen LogP contribution in [0, 0.1) is 41.4 Å². The van der Waals surface area contributed by atoms with Gasteiger partial charge in [0.1, 0.15) is 22.6 Å². The molecule has 0 radical (unpaired) electrons. The van der Waals surface area contributed by atoms with Crippen LogP contribution < -0.4 is 14.2 Å². The number of benzene rings is 2. The summed E-state index contributed by atoms with van der Waals surface area (Å²) in [5, 5.41) is 21.0. The lowest BCUT2D eigenvalue weighted by Crippen LogP contribution is -2.66. The highest BCUT2D eigenvalue weighted by Gasteiger charge is 2.65. The molecule has 2 aromatic carbocycles. The van der Waals surface area contributed by atoms with Crippen LogP contribution in [0.15, 0.2) is 92.1 Å². The molecule has 0 amide bonds. The van der Waals surface area contributed by atoms with Gasteiger partial charge in [-0.15, -0.1) is 0 Å². The average Bonchev–Trinajstić information content (AvgIpc) is 1.30. The first kappa shape index (κ1) is 70.5. The molecule has 0 aliphatic heterocycles. The number of rotatable bonds is 22. The Hall–Kier alpha value is -5.25. The zero-order valence-corrected chi connectivity index (χ0v) is 54.0. The summed E-state index contributed by atoms with van der Waals surface area (Å²) in [7, 11) is 0. The van der Waals surface area contributed by atoms with Gasteiger partial charge in [-0.25, -0.2) is 14.4 Å². The number of carbonyl (C=O) groups excluding carboxylic acids is 3. The minimum atomic E-state index is -0.858. The van der Waals surface area contributed by atoms with Gasteiger partial charge in [-0.3, -0.25) is 0 Å². The lowest BCUT2D eigenvalue weighted by molar-refractivity contribution is -0.260. The van der Waals surface area contributed by atoms with Crippen LogP contribution in [-0.2, 0) is 42.8 Å². The van der Waals surface area contributed by atoms with Gasteiger partial charge in [-0.1, -0.05) is 90.9 Å². The highest BCUT2D eigenvalue weighted by Crippen LogP contribution is 2.63. The topological polar surface area (TPSA) is 175 Å². The van der Waals surface area contributed by atoms with Gasteiger partial charge in [-0.05, 0) is 216 Å². The fourth-order valence-electron chi connectivity index (χ4n) is 15.0. The Morgan fingerprint density at radius 2 is 0.976 bits per heavy atom. The quantitative estimate of drug-likeness (QED) is 0.0493. The molecule has 9 aliphatic carbocycles. The molecule has 9 saturated carbocycles. The lowest BCUT2D eigenvalue weighted by atomic mass is 9.47. The van der Waals surface area contributed by atoms with Crippen LogP contribution in [0.25, 0.3) is 12.2 Å². The van der Waals surface area contributed by atoms with Gasteiger partial charge >= 0.3 is 17.9 Å². The summed E-state index contributed by atoms with van der Waals surface area (Å²) >= 11 is 0. The van der Waals surface area contributed by atoms with E-state index in [0.29, 0.717) is 91.0 Å². The van der Waals surface area contributed by atoms with E-state index in [4.69, 9.17) is 42.6 Å². The normalized spacial score (nSPS) is 28.6. The molecular weight excluding hydrogens is 1080 g/mol. The molecule has 9 aliphatic rings. The van der Waals surface area contributed by atoms with Crippen LogP contribution in [0.5, 0.6) is 17.2 Å². The van der Waals surface area contributed by atoms with Crippen molar-refractivity contribution in [1.29, 1.82) is 0 Å². The smallest absolute Gasteiger partial charge is 0.333 e. The van der Waals surface area contributed by atoms with Crippen LogP contribution >= 0.6 is 0 Å². The zero-order chi connectivity index (χ0) is 63.1. The zero-order valence-electron chi connectivity index (χ0n) is 54.0. The molecule has 0 saturated heterocycles. The van der Waals surface area contributed by atoms with Gasteiger partial charge in [0.25, 0.3) is 0 Å². The first-order valence-electron chi connectivity index (χ1n) is 31.5. The molecular formula is C71H106O14. The standard InChI is InChI=1S/C17H26O2.C16H24O4.C14H20O4.C12H20O2.C12H16O2/c1-10(2)16(18)19-17(11(3)4)14-6-12-5-13(8-14)9-15(17)7-12;1-6-14-9-10-15(19-12(4)17-7-2)16(11-14)20-13(5)18-8-3;1-9(2)11(15)18-14-5-10-3-12(16,7-14)6-13(17,4-10)8-14;1-9(2)11(13)14-12(10(3)4)7-5-6-8-12;1-4-11-6-8-12(9-7-11)14-10(3)13-5-2/h11-15H,1,5-9H2,2-4H3;6,9-13H,1,7-8H2,2-5H3;10,16-17H,1,3-8H2,2H3;10H,1,5-8H2,2-4H3;4,6-10H,1,5H2,2-3H3. The molecule has 14 heteroatoms. The average molecular weight is 1180 g/mol. The van der Waals surface area contributed by atoms with Crippen LogP contribution in [0.2, 0.25) is 0 Å². The first-order valence-corrected chi connectivity index (χ1v) is 31.5. The van der Waals surface area contributed by atoms with Crippen molar-refractivity contribution in [3.05, 3.63) is 103 Å². The van der Waals surface area contributed by atoms with E-state index in [1.807, 2.05) is 84.0 Å². The van der Waals surface area contributed by atoms with E-state index in [-0.39, 0.29) is 47.9 Å². The van der Waals surface area contributed by atoms with Crippen molar-refractivity contribution in [2.24, 2.45) is 41.4 Å². The SMILES string of the molecule is C=C(C)C(=O)OC1(C(C)C)C2CC3CC(C2)CC1C3.C=C(C)C(=O)OC1(C(C)C)CCCC1.C=C(C)C(=O)OC12CC3CC(O)(CC(O)(C3)C1)C2.C=Cc1ccc(OC(C)OCC)c(OC(C)OCC)c1.C=Cc1ccc(OC(C)OCC)cc1. The number of hydrogen-bond acceptors (Lipinski definition) is 14. The van der Waals surface area contributed by atoms with Crippen molar-refractivity contribution in [2.45, 2.75) is 233 Å². The Bertz CT molecular complexity index is 2530. The van der Waals surface area contributed by atoms with Gasteiger partial charge in [0, 0.05) is 55.8 Å². The van der Waals surface area contributed by atoms with E-state index in [2.05, 4.69) is 60.6 Å². The Labute approximate surface area is 510 Å². The third kappa shape index (κ3) is 19.1.